The Morgan fingerprint density at radius 2 is 1.64 bits per heavy atom. The van der Waals surface area contributed by atoms with Crippen molar-refractivity contribution in [2.24, 2.45) is 0 Å². The van der Waals surface area contributed by atoms with Crippen molar-refractivity contribution < 1.29 is 30.3 Å². The Kier molecular flexibility index (Phi) is 5.30. The van der Waals surface area contributed by atoms with E-state index in [1.54, 1.807) is 0 Å². The van der Waals surface area contributed by atoms with Crippen LogP contribution in [0.4, 0.5) is 0 Å². The second-order valence-electron chi connectivity index (χ2n) is 1.92. The highest BCUT2D eigenvalue weighted by Gasteiger charge is 2.24. The molecule has 0 saturated carbocycles. The molecule has 0 aromatic heterocycles. The van der Waals surface area contributed by atoms with Crippen LogP contribution in [0.15, 0.2) is 0 Å². The lowest BCUT2D eigenvalue weighted by Gasteiger charge is -2.21. The van der Waals surface area contributed by atoms with Gasteiger partial charge in [-0.05, 0) is 0 Å². The second kappa shape index (κ2) is 5.42. The molecule has 0 radical (unpaired) electrons. The predicted octanol–water partition coefficient (Wildman–Crippen LogP) is -3.01. The van der Waals surface area contributed by atoms with Gasteiger partial charge in [-0.25, -0.2) is 0 Å². The average Bonchev–Trinajstić information content (AvgIpc) is 1.98. The highest BCUT2D eigenvalue weighted by Crippen LogP contribution is 2.01. The minimum atomic E-state index is -1.99. The predicted molar refractivity (Wildman–Crippen MR) is 33.3 cm³/mol. The van der Waals surface area contributed by atoms with Gasteiger partial charge in [-0.2, -0.15) is 0 Å². The number of hydrogen-bond donors (Lipinski definition) is 5. The first-order valence-corrected chi connectivity index (χ1v) is 3.01. The molecule has 0 fully saturated rings. The van der Waals surface area contributed by atoms with Gasteiger partial charge in [0.05, 0.1) is 6.61 Å². The summed E-state index contributed by atoms with van der Waals surface area (Å²) in [5.41, 5.74) is 0. The number of aliphatic hydroxyl groups excluding tert-OH is 4. The van der Waals surface area contributed by atoms with Crippen molar-refractivity contribution in [1.29, 1.82) is 0 Å². The Morgan fingerprint density at radius 1 is 1.09 bits per heavy atom. The van der Waals surface area contributed by atoms with E-state index in [1.165, 1.54) is 0 Å². The zero-order chi connectivity index (χ0) is 8.85. The SMILES string of the molecule is OCO[C@H](CO)C(O)C(O)O. The standard InChI is InChI=1S/C5H12O6/c6-1-3(11-2-7)4(8)5(9)10/h3-10H,1-2H2/t3-,4?/m1/s1. The lowest BCUT2D eigenvalue weighted by molar-refractivity contribution is -0.192. The quantitative estimate of drug-likeness (QED) is 0.279. The Labute approximate surface area is 63.3 Å². The van der Waals surface area contributed by atoms with E-state index in [2.05, 4.69) is 4.74 Å². The molecule has 6 nitrogen and oxygen atoms in total. The zero-order valence-electron chi connectivity index (χ0n) is 5.79. The van der Waals surface area contributed by atoms with Crippen LogP contribution in [-0.4, -0.2) is 57.4 Å². The van der Waals surface area contributed by atoms with Crippen LogP contribution in [0.2, 0.25) is 0 Å². The molecular formula is C5H12O6. The van der Waals surface area contributed by atoms with Gasteiger partial charge >= 0.3 is 0 Å². The summed E-state index contributed by atoms with van der Waals surface area (Å²) in [7, 11) is 0. The molecule has 0 rings (SSSR count). The molecule has 68 valence electrons. The molecule has 6 heteroatoms. The largest absolute Gasteiger partial charge is 0.394 e. The van der Waals surface area contributed by atoms with Gasteiger partial charge in [0.2, 0.25) is 0 Å². The first kappa shape index (κ1) is 10.8. The first-order chi connectivity index (χ1) is 5.13. The van der Waals surface area contributed by atoms with Crippen LogP contribution in [0.1, 0.15) is 0 Å². The monoisotopic (exact) mass is 168 g/mol. The van der Waals surface area contributed by atoms with Crippen molar-refractivity contribution >= 4 is 0 Å². The summed E-state index contributed by atoms with van der Waals surface area (Å²) in [6, 6.07) is 0. The third-order valence-corrected chi connectivity index (χ3v) is 1.15. The highest BCUT2D eigenvalue weighted by molar-refractivity contribution is 4.68. The summed E-state index contributed by atoms with van der Waals surface area (Å²) in [4.78, 5) is 0. The summed E-state index contributed by atoms with van der Waals surface area (Å²) in [6.07, 6.45) is -4.79. The van der Waals surface area contributed by atoms with Crippen LogP contribution in [0.5, 0.6) is 0 Å². The molecule has 0 spiro atoms. The average molecular weight is 168 g/mol. The van der Waals surface area contributed by atoms with E-state index >= 15 is 0 Å². The van der Waals surface area contributed by atoms with Gasteiger partial charge in [-0.3, -0.25) is 0 Å². The highest BCUT2D eigenvalue weighted by atomic mass is 16.6. The maximum Gasteiger partial charge on any atom is 0.180 e. The van der Waals surface area contributed by atoms with Gasteiger partial charge in [0.1, 0.15) is 19.0 Å². The summed E-state index contributed by atoms with van der Waals surface area (Å²) in [6.45, 7) is -1.30. The zero-order valence-corrected chi connectivity index (χ0v) is 5.79. The lowest BCUT2D eigenvalue weighted by atomic mass is 10.2. The molecule has 0 aliphatic carbocycles. The molecule has 0 aliphatic heterocycles. The first-order valence-electron chi connectivity index (χ1n) is 3.01. The van der Waals surface area contributed by atoms with Gasteiger partial charge in [-0.15, -0.1) is 0 Å². The smallest absolute Gasteiger partial charge is 0.180 e. The van der Waals surface area contributed by atoms with Gasteiger partial charge in [0.15, 0.2) is 6.29 Å². The second-order valence-corrected chi connectivity index (χ2v) is 1.92. The molecule has 0 aliphatic rings. The summed E-state index contributed by atoms with van der Waals surface area (Å²) >= 11 is 0. The van der Waals surface area contributed by atoms with Crippen LogP contribution < -0.4 is 0 Å². The normalized spacial score (nSPS) is 16.9. The van der Waals surface area contributed by atoms with E-state index in [9.17, 15) is 0 Å². The Bertz CT molecular complexity index is 95.0. The van der Waals surface area contributed by atoms with Crippen LogP contribution >= 0.6 is 0 Å². The molecule has 2 atom stereocenters. The van der Waals surface area contributed by atoms with Crippen molar-refractivity contribution in [3.63, 3.8) is 0 Å². The maximum absolute atomic E-state index is 8.82. The number of hydrogen-bond acceptors (Lipinski definition) is 6. The molecule has 0 bridgehead atoms. The third kappa shape index (κ3) is 3.61. The summed E-state index contributed by atoms with van der Waals surface area (Å²) in [5, 5.41) is 42.2. The molecule has 5 N–H and O–H groups in total. The van der Waals surface area contributed by atoms with Crippen LogP contribution in [0.25, 0.3) is 0 Å². The summed E-state index contributed by atoms with van der Waals surface area (Å²) < 4.78 is 4.35. The third-order valence-electron chi connectivity index (χ3n) is 1.15. The molecule has 0 aromatic rings. The topological polar surface area (TPSA) is 110 Å². The molecule has 11 heavy (non-hydrogen) atoms. The van der Waals surface area contributed by atoms with Gasteiger partial charge in [-0.1, -0.05) is 0 Å². The van der Waals surface area contributed by atoms with Crippen molar-refractivity contribution in [2.45, 2.75) is 18.5 Å². The van der Waals surface area contributed by atoms with Crippen LogP contribution in [-0.2, 0) is 4.74 Å². The Hall–Kier alpha value is -0.240. The number of rotatable bonds is 5. The number of aliphatic hydroxyl groups is 5. The van der Waals surface area contributed by atoms with Crippen molar-refractivity contribution in [2.75, 3.05) is 13.4 Å². The van der Waals surface area contributed by atoms with E-state index in [-0.39, 0.29) is 0 Å². The Balaban J connectivity index is 3.81. The molecule has 0 heterocycles. The van der Waals surface area contributed by atoms with Crippen molar-refractivity contribution in [3.05, 3.63) is 0 Å². The number of ether oxygens (including phenoxy) is 1. The minimum Gasteiger partial charge on any atom is -0.394 e. The molecular weight excluding hydrogens is 156 g/mol. The van der Waals surface area contributed by atoms with Gasteiger partial charge < -0.3 is 30.3 Å². The van der Waals surface area contributed by atoms with E-state index in [0.29, 0.717) is 0 Å². The molecule has 0 saturated heterocycles. The fourth-order valence-corrected chi connectivity index (χ4v) is 0.547. The van der Waals surface area contributed by atoms with Gasteiger partial charge in [0.25, 0.3) is 0 Å². The van der Waals surface area contributed by atoms with E-state index in [0.717, 1.165) is 0 Å². The lowest BCUT2D eigenvalue weighted by Crippen LogP contribution is -2.41. The summed E-state index contributed by atoms with van der Waals surface area (Å²) in [5.74, 6) is 0. The van der Waals surface area contributed by atoms with Gasteiger partial charge in [0, 0.05) is 0 Å². The van der Waals surface area contributed by atoms with E-state index < -0.39 is 31.9 Å². The fourth-order valence-electron chi connectivity index (χ4n) is 0.547. The minimum absolute atomic E-state index is 0.598. The maximum atomic E-state index is 8.82. The molecule has 1 unspecified atom stereocenters. The fraction of sp³-hybridized carbons (Fsp3) is 1.00. The van der Waals surface area contributed by atoms with Crippen LogP contribution in [0, 0.1) is 0 Å². The van der Waals surface area contributed by atoms with Crippen LogP contribution in [0.3, 0.4) is 0 Å². The van der Waals surface area contributed by atoms with Crippen molar-refractivity contribution in [1.82, 2.24) is 0 Å². The molecule has 0 aromatic carbocycles. The molecule has 0 amide bonds. The van der Waals surface area contributed by atoms with E-state index in [1.807, 2.05) is 0 Å². The van der Waals surface area contributed by atoms with E-state index in [4.69, 9.17) is 25.5 Å². The van der Waals surface area contributed by atoms with Crippen molar-refractivity contribution in [3.8, 4) is 0 Å². The Morgan fingerprint density at radius 3 is 1.91 bits per heavy atom.